The molecule has 0 saturated heterocycles. The van der Waals surface area contributed by atoms with Crippen LogP contribution in [0, 0.1) is 0 Å². The van der Waals surface area contributed by atoms with E-state index in [9.17, 15) is 4.79 Å². The summed E-state index contributed by atoms with van der Waals surface area (Å²) in [7, 11) is 0. The van der Waals surface area contributed by atoms with Crippen LogP contribution in [0.4, 0.5) is 0 Å². The van der Waals surface area contributed by atoms with Crippen LogP contribution in [0.25, 0.3) is 0 Å². The van der Waals surface area contributed by atoms with Gasteiger partial charge in [0.1, 0.15) is 5.78 Å². The summed E-state index contributed by atoms with van der Waals surface area (Å²) in [5.41, 5.74) is 3.02. The first-order valence-corrected chi connectivity index (χ1v) is 9.94. The van der Waals surface area contributed by atoms with Crippen LogP contribution in [0.15, 0.2) is 60.7 Å². The fourth-order valence-electron chi connectivity index (χ4n) is 4.36. The van der Waals surface area contributed by atoms with Crippen LogP contribution in [-0.4, -0.2) is 5.78 Å². The second kappa shape index (κ2) is 8.99. The topological polar surface area (TPSA) is 17.1 Å². The molecule has 1 aliphatic rings. The highest BCUT2D eigenvalue weighted by molar-refractivity contribution is 5.78. The van der Waals surface area contributed by atoms with Gasteiger partial charge in [-0.15, -0.1) is 0 Å². The number of hydrogen-bond acceptors (Lipinski definition) is 1. The molecule has 132 valence electrons. The number of rotatable bonds is 2. The van der Waals surface area contributed by atoms with Gasteiger partial charge in [-0.25, -0.2) is 0 Å². The van der Waals surface area contributed by atoms with Crippen molar-refractivity contribution < 1.29 is 4.79 Å². The van der Waals surface area contributed by atoms with Crippen LogP contribution in [0.5, 0.6) is 0 Å². The summed E-state index contributed by atoms with van der Waals surface area (Å²) in [6, 6.07) is 22.2. The van der Waals surface area contributed by atoms with E-state index < -0.39 is 0 Å². The molecule has 0 spiro atoms. The summed E-state index contributed by atoms with van der Waals surface area (Å²) >= 11 is 0. The van der Waals surface area contributed by atoms with Crippen molar-refractivity contribution in [3.8, 4) is 0 Å². The SMILES string of the molecule is O=C1CCCCCC(c2ccccc2)(c2ccccc2)CCCCC1. The van der Waals surface area contributed by atoms with Crippen LogP contribution in [-0.2, 0) is 10.2 Å². The third kappa shape index (κ3) is 4.60. The van der Waals surface area contributed by atoms with Gasteiger partial charge in [-0.2, -0.15) is 0 Å². The lowest BCUT2D eigenvalue weighted by molar-refractivity contribution is -0.119. The highest BCUT2D eigenvalue weighted by Crippen LogP contribution is 2.42. The zero-order chi connectivity index (χ0) is 17.4. The Labute approximate surface area is 152 Å². The average molecular weight is 335 g/mol. The van der Waals surface area contributed by atoms with Gasteiger partial charge in [0.15, 0.2) is 0 Å². The van der Waals surface area contributed by atoms with Crippen molar-refractivity contribution in [3.05, 3.63) is 71.8 Å². The van der Waals surface area contributed by atoms with Gasteiger partial charge >= 0.3 is 0 Å². The molecule has 0 atom stereocenters. The van der Waals surface area contributed by atoms with Gasteiger partial charge < -0.3 is 0 Å². The molecule has 1 heteroatoms. The van der Waals surface area contributed by atoms with E-state index in [-0.39, 0.29) is 5.41 Å². The van der Waals surface area contributed by atoms with Crippen molar-refractivity contribution in [1.82, 2.24) is 0 Å². The summed E-state index contributed by atoms with van der Waals surface area (Å²) in [4.78, 5) is 11.9. The molecule has 0 aromatic heterocycles. The zero-order valence-corrected chi connectivity index (χ0v) is 15.3. The number of Topliss-reactive ketones (excluding diaryl/α,β-unsaturated/α-hetero) is 1. The first-order chi connectivity index (χ1) is 12.3. The zero-order valence-electron chi connectivity index (χ0n) is 15.3. The Kier molecular flexibility index (Phi) is 6.44. The molecular weight excluding hydrogens is 304 g/mol. The Morgan fingerprint density at radius 1 is 0.560 bits per heavy atom. The number of carbonyl (C=O) groups is 1. The van der Waals surface area contributed by atoms with Crippen molar-refractivity contribution >= 4 is 5.78 Å². The molecule has 0 aliphatic heterocycles. The maximum atomic E-state index is 11.9. The molecule has 2 aromatic carbocycles. The minimum Gasteiger partial charge on any atom is -0.300 e. The smallest absolute Gasteiger partial charge is 0.132 e. The van der Waals surface area contributed by atoms with E-state index in [4.69, 9.17) is 0 Å². The lowest BCUT2D eigenvalue weighted by Crippen LogP contribution is -2.28. The fourth-order valence-corrected chi connectivity index (χ4v) is 4.36. The van der Waals surface area contributed by atoms with E-state index in [1.807, 2.05) is 0 Å². The van der Waals surface area contributed by atoms with Crippen molar-refractivity contribution in [2.75, 3.05) is 0 Å². The Bertz CT molecular complexity index is 587. The van der Waals surface area contributed by atoms with Gasteiger partial charge in [-0.05, 0) is 36.8 Å². The number of hydrogen-bond donors (Lipinski definition) is 0. The molecule has 0 bridgehead atoms. The number of ketones is 1. The van der Waals surface area contributed by atoms with Crippen molar-refractivity contribution in [2.24, 2.45) is 0 Å². The summed E-state index contributed by atoms with van der Waals surface area (Å²) in [6.45, 7) is 0. The lowest BCUT2D eigenvalue weighted by Gasteiger charge is -2.36. The van der Waals surface area contributed by atoms with Crippen LogP contribution >= 0.6 is 0 Å². The maximum absolute atomic E-state index is 11.9. The molecule has 1 fully saturated rings. The molecule has 1 saturated carbocycles. The molecule has 0 unspecified atom stereocenters. The molecule has 0 amide bonds. The first-order valence-electron chi connectivity index (χ1n) is 9.94. The minimum atomic E-state index is 0.117. The highest BCUT2D eigenvalue weighted by Gasteiger charge is 2.33. The van der Waals surface area contributed by atoms with Gasteiger partial charge in [0.2, 0.25) is 0 Å². The van der Waals surface area contributed by atoms with Gasteiger partial charge in [0.25, 0.3) is 0 Å². The van der Waals surface area contributed by atoms with Crippen LogP contribution < -0.4 is 0 Å². The summed E-state index contributed by atoms with van der Waals surface area (Å²) < 4.78 is 0. The van der Waals surface area contributed by atoms with E-state index in [1.165, 1.54) is 36.8 Å². The van der Waals surface area contributed by atoms with Gasteiger partial charge in [-0.3, -0.25) is 4.79 Å². The molecular formula is C24H30O. The summed E-state index contributed by atoms with van der Waals surface area (Å²) in [5, 5.41) is 0. The van der Waals surface area contributed by atoms with E-state index in [0.29, 0.717) is 5.78 Å². The van der Waals surface area contributed by atoms with Crippen LogP contribution in [0.3, 0.4) is 0 Å². The highest BCUT2D eigenvalue weighted by atomic mass is 16.1. The van der Waals surface area contributed by atoms with E-state index in [1.54, 1.807) is 0 Å². The predicted octanol–water partition coefficient (Wildman–Crippen LogP) is 6.46. The average Bonchev–Trinajstić information content (AvgIpc) is 2.66. The predicted molar refractivity (Wildman–Crippen MR) is 105 cm³/mol. The van der Waals surface area contributed by atoms with E-state index in [0.717, 1.165) is 38.5 Å². The molecule has 0 N–H and O–H groups in total. The van der Waals surface area contributed by atoms with Crippen molar-refractivity contribution in [2.45, 2.75) is 69.6 Å². The molecule has 3 rings (SSSR count). The molecule has 1 aliphatic carbocycles. The molecule has 1 nitrogen and oxygen atoms in total. The van der Waals surface area contributed by atoms with Gasteiger partial charge in [-0.1, -0.05) is 86.3 Å². The molecule has 25 heavy (non-hydrogen) atoms. The largest absolute Gasteiger partial charge is 0.300 e. The maximum Gasteiger partial charge on any atom is 0.132 e. The third-order valence-electron chi connectivity index (χ3n) is 5.77. The van der Waals surface area contributed by atoms with E-state index >= 15 is 0 Å². The molecule has 0 heterocycles. The van der Waals surface area contributed by atoms with Gasteiger partial charge in [0, 0.05) is 18.3 Å². The molecule has 2 aromatic rings. The first kappa shape index (κ1) is 17.9. The lowest BCUT2D eigenvalue weighted by atomic mass is 9.68. The Balaban J connectivity index is 1.91. The Morgan fingerprint density at radius 2 is 1.00 bits per heavy atom. The standard InChI is InChI=1S/C24H30O/c25-23-17-9-3-11-19-24(20-12-4-10-18-23,21-13-5-1-6-14-21)22-15-7-2-8-16-22/h1-2,5-8,13-16H,3-4,9-12,17-20H2. The fraction of sp³-hybridized carbons (Fsp3) is 0.458. The van der Waals surface area contributed by atoms with E-state index in [2.05, 4.69) is 60.7 Å². The monoisotopic (exact) mass is 334 g/mol. The second-order valence-electron chi connectivity index (χ2n) is 7.47. The second-order valence-corrected chi connectivity index (χ2v) is 7.47. The van der Waals surface area contributed by atoms with Crippen LogP contribution in [0.1, 0.15) is 75.3 Å². The van der Waals surface area contributed by atoms with Crippen molar-refractivity contribution in [3.63, 3.8) is 0 Å². The Morgan fingerprint density at radius 3 is 1.44 bits per heavy atom. The van der Waals surface area contributed by atoms with Crippen molar-refractivity contribution in [1.29, 1.82) is 0 Å². The Hall–Kier alpha value is -1.89. The summed E-state index contributed by atoms with van der Waals surface area (Å²) in [6.07, 6.45) is 10.7. The molecule has 0 radical (unpaired) electrons. The number of benzene rings is 2. The summed E-state index contributed by atoms with van der Waals surface area (Å²) in [5.74, 6) is 0.470. The third-order valence-corrected chi connectivity index (χ3v) is 5.77. The van der Waals surface area contributed by atoms with Crippen LogP contribution in [0.2, 0.25) is 0 Å². The van der Waals surface area contributed by atoms with Gasteiger partial charge in [0.05, 0.1) is 0 Å². The minimum absolute atomic E-state index is 0.117. The normalized spacial score (nSPS) is 19.6. The number of carbonyl (C=O) groups excluding carboxylic acids is 1. The quantitative estimate of drug-likeness (QED) is 0.616.